The van der Waals surface area contributed by atoms with Crippen LogP contribution < -0.4 is 10.6 Å². The molecule has 0 bridgehead atoms. The number of nitrogens with zero attached hydrogens (tertiary/aromatic N) is 2. The molecule has 2 N–H and O–H groups in total. The van der Waals surface area contributed by atoms with Crippen LogP contribution in [-0.4, -0.2) is 15.6 Å². The molecule has 0 radical (unpaired) electrons. The van der Waals surface area contributed by atoms with E-state index in [1.165, 1.54) is 22.2 Å². The largest absolute Gasteiger partial charge is 0.348 e. The van der Waals surface area contributed by atoms with Gasteiger partial charge in [-0.15, -0.1) is 12.4 Å². The second-order valence-corrected chi connectivity index (χ2v) is 5.52. The Hall–Kier alpha value is -2.53. The molecule has 0 unspecified atom stereocenters. The first-order chi connectivity index (χ1) is 11.1. The lowest BCUT2D eigenvalue weighted by Gasteiger charge is -2.08. The fourth-order valence-corrected chi connectivity index (χ4v) is 2.90. The van der Waals surface area contributed by atoms with E-state index in [4.69, 9.17) is 0 Å². The van der Waals surface area contributed by atoms with Crippen LogP contribution in [0.3, 0.4) is 0 Å². The zero-order valence-corrected chi connectivity index (χ0v) is 14.8. The van der Waals surface area contributed by atoms with E-state index in [1.54, 1.807) is 24.5 Å². The van der Waals surface area contributed by atoms with Gasteiger partial charge < -0.3 is 15.2 Å². The molecule has 126 valence electrons. The lowest BCUT2D eigenvalue weighted by atomic mass is 10.1. The Balaban J connectivity index is 0.00000208. The Labute approximate surface area is 147 Å². The van der Waals surface area contributed by atoms with Gasteiger partial charge in [-0.2, -0.15) is 0 Å². The van der Waals surface area contributed by atoms with Crippen LogP contribution in [0.25, 0.3) is 10.9 Å². The molecule has 0 saturated carbocycles. The maximum Gasteiger partial charge on any atom is 0.323 e. The highest BCUT2D eigenvalue weighted by molar-refractivity contribution is 6.01. The number of carbonyl (C=O) groups is 1. The van der Waals surface area contributed by atoms with Crippen LogP contribution in [0, 0.1) is 6.92 Å². The van der Waals surface area contributed by atoms with Gasteiger partial charge in [0, 0.05) is 47.4 Å². The van der Waals surface area contributed by atoms with Crippen molar-refractivity contribution in [2.24, 2.45) is 7.05 Å². The highest BCUT2D eigenvalue weighted by Crippen LogP contribution is 2.28. The minimum absolute atomic E-state index is 0. The quantitative estimate of drug-likeness (QED) is 0.734. The number of pyridine rings is 1. The van der Waals surface area contributed by atoms with Crippen molar-refractivity contribution in [2.75, 3.05) is 10.6 Å². The Morgan fingerprint density at radius 1 is 1.12 bits per heavy atom. The molecule has 1 aromatic carbocycles. The van der Waals surface area contributed by atoms with E-state index in [9.17, 15) is 4.79 Å². The minimum Gasteiger partial charge on any atom is -0.348 e. The number of aromatic nitrogens is 2. The third-order valence-corrected chi connectivity index (χ3v) is 4.17. The van der Waals surface area contributed by atoms with Crippen molar-refractivity contribution in [3.63, 3.8) is 0 Å². The number of urea groups is 1. The molecule has 3 aromatic rings. The number of fused-ring (bicyclic) bond motifs is 1. The zero-order valence-electron chi connectivity index (χ0n) is 14.0. The van der Waals surface area contributed by atoms with Crippen LogP contribution in [0.2, 0.25) is 0 Å². The minimum atomic E-state index is -0.263. The van der Waals surface area contributed by atoms with Crippen molar-refractivity contribution in [1.29, 1.82) is 0 Å². The zero-order chi connectivity index (χ0) is 16.4. The fourth-order valence-electron chi connectivity index (χ4n) is 2.90. The first-order valence-corrected chi connectivity index (χ1v) is 7.66. The number of hydrogen-bond acceptors (Lipinski definition) is 2. The van der Waals surface area contributed by atoms with Gasteiger partial charge >= 0.3 is 6.03 Å². The normalized spacial score (nSPS) is 10.3. The van der Waals surface area contributed by atoms with Gasteiger partial charge in [0.05, 0.1) is 0 Å². The van der Waals surface area contributed by atoms with E-state index < -0.39 is 0 Å². The lowest BCUT2D eigenvalue weighted by molar-refractivity contribution is 0.262. The van der Waals surface area contributed by atoms with Crippen LogP contribution in [0.5, 0.6) is 0 Å². The predicted molar refractivity (Wildman–Crippen MR) is 101 cm³/mol. The van der Waals surface area contributed by atoms with Gasteiger partial charge in [0.1, 0.15) is 0 Å². The molecule has 0 aliphatic heterocycles. The fraction of sp³-hybridized carbons (Fsp3) is 0.222. The molecule has 2 aromatic heterocycles. The maximum atomic E-state index is 12.1. The maximum absolute atomic E-state index is 12.1. The number of nitrogens with one attached hydrogen (secondary N) is 2. The second kappa shape index (κ2) is 7.36. The molecule has 0 atom stereocenters. The monoisotopic (exact) mass is 344 g/mol. The number of rotatable bonds is 3. The topological polar surface area (TPSA) is 59.0 Å². The van der Waals surface area contributed by atoms with Gasteiger partial charge in [-0.3, -0.25) is 4.98 Å². The molecule has 2 amide bonds. The first kappa shape index (κ1) is 17.8. The van der Waals surface area contributed by atoms with Crippen molar-refractivity contribution in [3.05, 3.63) is 54.0 Å². The number of anilines is 2. The summed E-state index contributed by atoms with van der Waals surface area (Å²) in [6.45, 7) is 4.28. The van der Waals surface area contributed by atoms with Gasteiger partial charge in [-0.05, 0) is 49.2 Å². The molecule has 0 aliphatic carbocycles. The predicted octanol–water partition coefficient (Wildman–Crippen LogP) is 4.51. The Morgan fingerprint density at radius 2 is 1.79 bits per heavy atom. The summed E-state index contributed by atoms with van der Waals surface area (Å²) in [6, 6.07) is 9.24. The number of benzene rings is 1. The summed E-state index contributed by atoms with van der Waals surface area (Å²) in [5, 5.41) is 6.86. The van der Waals surface area contributed by atoms with E-state index in [1.807, 2.05) is 18.2 Å². The molecule has 2 heterocycles. The third-order valence-electron chi connectivity index (χ3n) is 4.17. The van der Waals surface area contributed by atoms with Crippen molar-refractivity contribution in [1.82, 2.24) is 9.55 Å². The summed E-state index contributed by atoms with van der Waals surface area (Å²) in [6.07, 6.45) is 4.25. The van der Waals surface area contributed by atoms with Crippen molar-refractivity contribution in [2.45, 2.75) is 20.3 Å². The van der Waals surface area contributed by atoms with E-state index in [0.29, 0.717) is 5.69 Å². The summed E-state index contributed by atoms with van der Waals surface area (Å²) in [5.41, 5.74) is 5.26. The van der Waals surface area contributed by atoms with Gasteiger partial charge in [0.2, 0.25) is 0 Å². The average molecular weight is 345 g/mol. The molecule has 24 heavy (non-hydrogen) atoms. The van der Waals surface area contributed by atoms with Gasteiger partial charge in [-0.1, -0.05) is 6.92 Å². The molecule has 3 rings (SSSR count). The summed E-state index contributed by atoms with van der Waals surface area (Å²) in [4.78, 5) is 16.0. The molecule has 0 aliphatic rings. The van der Waals surface area contributed by atoms with Gasteiger partial charge in [0.15, 0.2) is 0 Å². The van der Waals surface area contributed by atoms with Crippen LogP contribution in [0.1, 0.15) is 18.2 Å². The first-order valence-electron chi connectivity index (χ1n) is 7.66. The van der Waals surface area contributed by atoms with E-state index in [2.05, 4.69) is 41.1 Å². The number of amides is 2. The molecular formula is C18H21ClN4O. The van der Waals surface area contributed by atoms with Crippen molar-refractivity contribution >= 4 is 40.7 Å². The third kappa shape index (κ3) is 3.36. The standard InChI is InChI=1S/C18H20N4O.ClH/c1-4-15-12(2)22(3)17-6-5-14(11-16(15)17)21-18(23)20-13-7-9-19-10-8-13;/h5-11H,4H2,1-3H3,(H2,19,20,21,23);1H. The van der Waals surface area contributed by atoms with Gasteiger partial charge in [0.25, 0.3) is 0 Å². The summed E-state index contributed by atoms with van der Waals surface area (Å²) in [7, 11) is 2.07. The Kier molecular flexibility index (Phi) is 5.46. The second-order valence-electron chi connectivity index (χ2n) is 5.52. The molecule has 0 fully saturated rings. The van der Waals surface area contributed by atoms with Crippen molar-refractivity contribution < 1.29 is 4.79 Å². The summed E-state index contributed by atoms with van der Waals surface area (Å²) >= 11 is 0. The average Bonchev–Trinajstić information content (AvgIpc) is 2.79. The highest BCUT2D eigenvalue weighted by Gasteiger charge is 2.11. The Morgan fingerprint density at radius 3 is 2.46 bits per heavy atom. The molecular weight excluding hydrogens is 324 g/mol. The van der Waals surface area contributed by atoms with Crippen LogP contribution in [0.15, 0.2) is 42.7 Å². The summed E-state index contributed by atoms with van der Waals surface area (Å²) in [5.74, 6) is 0. The smallest absolute Gasteiger partial charge is 0.323 e. The SMILES string of the molecule is CCc1c(C)n(C)c2ccc(NC(=O)Nc3ccncc3)cc12.Cl. The van der Waals surface area contributed by atoms with Crippen LogP contribution >= 0.6 is 12.4 Å². The number of hydrogen-bond donors (Lipinski definition) is 2. The van der Waals surface area contributed by atoms with Gasteiger partial charge in [-0.25, -0.2) is 4.79 Å². The van der Waals surface area contributed by atoms with E-state index in [0.717, 1.165) is 12.1 Å². The van der Waals surface area contributed by atoms with Crippen LogP contribution in [-0.2, 0) is 13.5 Å². The number of aryl methyl sites for hydroxylation is 2. The highest BCUT2D eigenvalue weighted by atomic mass is 35.5. The van der Waals surface area contributed by atoms with Crippen LogP contribution in [0.4, 0.5) is 16.2 Å². The number of carbonyl (C=O) groups excluding carboxylic acids is 1. The molecule has 5 nitrogen and oxygen atoms in total. The lowest BCUT2D eigenvalue weighted by Crippen LogP contribution is -2.19. The summed E-state index contributed by atoms with van der Waals surface area (Å²) < 4.78 is 2.19. The van der Waals surface area contributed by atoms with E-state index in [-0.39, 0.29) is 18.4 Å². The molecule has 6 heteroatoms. The molecule has 0 saturated heterocycles. The Bertz CT molecular complexity index is 858. The number of halogens is 1. The molecule has 0 spiro atoms. The van der Waals surface area contributed by atoms with E-state index >= 15 is 0 Å². The van der Waals surface area contributed by atoms with Crippen molar-refractivity contribution in [3.8, 4) is 0 Å².